The Labute approximate surface area is 148 Å². The van der Waals surface area contributed by atoms with Crippen LogP contribution in [-0.2, 0) is 16.2 Å². The van der Waals surface area contributed by atoms with Crippen LogP contribution < -0.4 is 0 Å². The molecule has 0 N–H and O–H groups in total. The quantitative estimate of drug-likeness (QED) is 0.789. The van der Waals surface area contributed by atoms with Gasteiger partial charge in [0.25, 0.3) is 5.91 Å². The van der Waals surface area contributed by atoms with Crippen LogP contribution >= 0.6 is 0 Å². The smallest absolute Gasteiger partial charge is 0.253 e. The van der Waals surface area contributed by atoms with Gasteiger partial charge in [0.1, 0.15) is 0 Å². The third kappa shape index (κ3) is 3.12. The van der Waals surface area contributed by atoms with Gasteiger partial charge in [0.05, 0.1) is 19.1 Å². The van der Waals surface area contributed by atoms with Crippen molar-refractivity contribution in [2.45, 2.75) is 19.4 Å². The van der Waals surface area contributed by atoms with E-state index in [1.54, 1.807) is 5.06 Å². The van der Waals surface area contributed by atoms with Crippen molar-refractivity contribution >= 4 is 5.91 Å². The molecule has 2 aromatic carbocycles. The van der Waals surface area contributed by atoms with Crippen LogP contribution in [0.5, 0.6) is 0 Å². The Morgan fingerprint density at radius 3 is 2.40 bits per heavy atom. The maximum Gasteiger partial charge on any atom is 0.253 e. The Hall–Kier alpha value is -2.39. The van der Waals surface area contributed by atoms with Crippen LogP contribution in [0.15, 0.2) is 72.8 Å². The molecule has 1 heterocycles. The van der Waals surface area contributed by atoms with Gasteiger partial charge in [-0.25, -0.2) is 5.06 Å². The van der Waals surface area contributed by atoms with Crippen LogP contribution in [0.4, 0.5) is 0 Å². The second-order valence-corrected chi connectivity index (χ2v) is 7.03. The summed E-state index contributed by atoms with van der Waals surface area (Å²) in [5, 5.41) is 1.54. The fraction of sp³-hybridized carbons (Fsp3) is 0.318. The van der Waals surface area contributed by atoms with Crippen molar-refractivity contribution < 1.29 is 9.63 Å². The van der Waals surface area contributed by atoms with Gasteiger partial charge in [-0.3, -0.25) is 9.63 Å². The van der Waals surface area contributed by atoms with Crippen molar-refractivity contribution in [3.05, 3.63) is 83.9 Å². The summed E-state index contributed by atoms with van der Waals surface area (Å²) in [6.07, 6.45) is 4.29. The van der Waals surface area contributed by atoms with E-state index in [0.29, 0.717) is 25.0 Å². The first-order chi connectivity index (χ1) is 12.2. The number of rotatable bonds is 3. The lowest BCUT2D eigenvalue weighted by Crippen LogP contribution is -2.49. The molecule has 2 aromatic rings. The van der Waals surface area contributed by atoms with Crippen LogP contribution in [-0.4, -0.2) is 17.6 Å². The minimum absolute atomic E-state index is 0.0733. The van der Waals surface area contributed by atoms with E-state index in [0.717, 1.165) is 5.56 Å². The van der Waals surface area contributed by atoms with Crippen molar-refractivity contribution in [1.82, 2.24) is 5.06 Å². The van der Waals surface area contributed by atoms with E-state index >= 15 is 0 Å². The zero-order valence-corrected chi connectivity index (χ0v) is 14.4. The summed E-state index contributed by atoms with van der Waals surface area (Å²) in [5.74, 6) is 0.893. The number of hydrogen-bond donors (Lipinski definition) is 0. The maximum atomic E-state index is 13.0. The number of allylic oxidation sites excluding steroid dienone is 1. The Morgan fingerprint density at radius 2 is 1.68 bits per heavy atom. The summed E-state index contributed by atoms with van der Waals surface area (Å²) < 4.78 is 0. The zero-order chi connectivity index (χ0) is 17.2. The average Bonchev–Trinajstić information content (AvgIpc) is 2.65. The van der Waals surface area contributed by atoms with Gasteiger partial charge >= 0.3 is 0 Å². The summed E-state index contributed by atoms with van der Waals surface area (Å²) in [7, 11) is 0. The number of hydroxylamine groups is 2. The number of fused-ring (bicyclic) bond motifs is 1. The number of carbonyl (C=O) groups is 1. The lowest BCUT2D eigenvalue weighted by Gasteiger charge is -2.43. The van der Waals surface area contributed by atoms with Crippen molar-refractivity contribution in [3.8, 4) is 0 Å². The van der Waals surface area contributed by atoms with Gasteiger partial charge in [0.2, 0.25) is 0 Å². The van der Waals surface area contributed by atoms with Gasteiger partial charge in [0, 0.05) is 5.92 Å². The van der Waals surface area contributed by atoms with Crippen molar-refractivity contribution in [2.24, 2.45) is 17.8 Å². The standard InChI is InChI=1S/C22H23NO2/c1-16-12-13-19-20(21(16)18-10-6-3-7-11-18)15-25-23(22(19)24)14-17-8-4-2-5-9-17/h2-13,16,19-21H,14-15H2,1H3/t16-,19+,20-,21+/m1/s1. The fourth-order valence-electron chi connectivity index (χ4n) is 4.15. The van der Waals surface area contributed by atoms with E-state index in [4.69, 9.17) is 4.84 Å². The van der Waals surface area contributed by atoms with Crippen molar-refractivity contribution in [2.75, 3.05) is 6.61 Å². The highest BCUT2D eigenvalue weighted by Gasteiger charge is 2.44. The van der Waals surface area contributed by atoms with Crippen LogP contribution in [0.3, 0.4) is 0 Å². The second-order valence-electron chi connectivity index (χ2n) is 7.03. The molecule has 0 aromatic heterocycles. The summed E-state index contributed by atoms with van der Waals surface area (Å²) in [6.45, 7) is 3.31. The average molecular weight is 333 g/mol. The largest absolute Gasteiger partial charge is 0.272 e. The first-order valence-corrected chi connectivity index (χ1v) is 8.95. The molecule has 0 saturated carbocycles. The minimum atomic E-state index is -0.0983. The van der Waals surface area contributed by atoms with E-state index < -0.39 is 0 Å². The molecule has 4 atom stereocenters. The maximum absolute atomic E-state index is 13.0. The van der Waals surface area contributed by atoms with Gasteiger partial charge < -0.3 is 0 Å². The highest BCUT2D eigenvalue weighted by atomic mass is 16.7. The van der Waals surface area contributed by atoms with Gasteiger partial charge in [-0.1, -0.05) is 79.7 Å². The fourth-order valence-corrected chi connectivity index (χ4v) is 4.15. The molecule has 0 bridgehead atoms. The van der Waals surface area contributed by atoms with E-state index in [1.165, 1.54) is 5.56 Å². The van der Waals surface area contributed by atoms with Gasteiger partial charge in [-0.15, -0.1) is 0 Å². The number of hydrogen-bond acceptors (Lipinski definition) is 2. The van der Waals surface area contributed by atoms with Gasteiger partial charge in [0.15, 0.2) is 0 Å². The first-order valence-electron chi connectivity index (χ1n) is 8.95. The normalized spacial score (nSPS) is 28.7. The summed E-state index contributed by atoms with van der Waals surface area (Å²) >= 11 is 0. The molecule has 25 heavy (non-hydrogen) atoms. The molecule has 3 heteroatoms. The summed E-state index contributed by atoms with van der Waals surface area (Å²) in [6, 6.07) is 20.5. The first kappa shape index (κ1) is 16.1. The Balaban J connectivity index is 1.57. The molecule has 0 unspecified atom stereocenters. The summed E-state index contributed by atoms with van der Waals surface area (Å²) in [5.41, 5.74) is 2.38. The summed E-state index contributed by atoms with van der Waals surface area (Å²) in [4.78, 5) is 18.9. The molecule has 2 aliphatic rings. The lowest BCUT2D eigenvalue weighted by molar-refractivity contribution is -0.220. The minimum Gasteiger partial charge on any atom is -0.272 e. The molecule has 1 aliphatic carbocycles. The second kappa shape index (κ2) is 6.85. The topological polar surface area (TPSA) is 29.5 Å². The predicted octanol–water partition coefficient (Wildman–Crippen LogP) is 4.18. The molecule has 3 nitrogen and oxygen atoms in total. The highest BCUT2D eigenvalue weighted by molar-refractivity contribution is 5.81. The van der Waals surface area contributed by atoms with Crippen molar-refractivity contribution in [3.63, 3.8) is 0 Å². The van der Waals surface area contributed by atoms with Crippen LogP contribution in [0.2, 0.25) is 0 Å². The van der Waals surface area contributed by atoms with Crippen LogP contribution in [0.1, 0.15) is 24.0 Å². The van der Waals surface area contributed by atoms with Crippen LogP contribution in [0.25, 0.3) is 0 Å². The third-order valence-corrected chi connectivity index (χ3v) is 5.42. The Kier molecular flexibility index (Phi) is 4.41. The van der Waals surface area contributed by atoms with Crippen LogP contribution in [0, 0.1) is 17.8 Å². The molecule has 4 rings (SSSR count). The predicted molar refractivity (Wildman–Crippen MR) is 97.4 cm³/mol. The van der Waals surface area contributed by atoms with E-state index in [-0.39, 0.29) is 17.7 Å². The number of amides is 1. The molecule has 1 saturated heterocycles. The molecular weight excluding hydrogens is 310 g/mol. The number of carbonyl (C=O) groups excluding carboxylic acids is 1. The molecule has 0 spiro atoms. The number of benzene rings is 2. The van der Waals surface area contributed by atoms with Gasteiger partial charge in [-0.2, -0.15) is 0 Å². The molecule has 1 aliphatic heterocycles. The number of nitrogens with zero attached hydrogens (tertiary/aromatic N) is 1. The SMILES string of the molecule is C[C@@H]1C=C[C@@H]2C(=O)N(Cc3ccccc3)OC[C@H]2[C@@H]1c1ccccc1. The molecule has 1 fully saturated rings. The zero-order valence-electron chi connectivity index (χ0n) is 14.4. The van der Waals surface area contributed by atoms with E-state index in [1.807, 2.05) is 36.4 Å². The lowest BCUT2D eigenvalue weighted by atomic mass is 9.68. The molecular formula is C22H23NO2. The van der Waals surface area contributed by atoms with Crippen molar-refractivity contribution in [1.29, 1.82) is 0 Å². The van der Waals surface area contributed by atoms with E-state index in [2.05, 4.69) is 43.3 Å². The highest BCUT2D eigenvalue weighted by Crippen LogP contribution is 2.44. The Bertz CT molecular complexity index is 756. The third-order valence-electron chi connectivity index (χ3n) is 5.42. The molecule has 1 amide bonds. The monoisotopic (exact) mass is 333 g/mol. The Morgan fingerprint density at radius 1 is 1.00 bits per heavy atom. The molecule has 0 radical (unpaired) electrons. The molecule has 128 valence electrons. The van der Waals surface area contributed by atoms with E-state index in [9.17, 15) is 4.79 Å². The van der Waals surface area contributed by atoms with Gasteiger partial charge in [-0.05, 0) is 23.0 Å².